The summed E-state index contributed by atoms with van der Waals surface area (Å²) >= 11 is 4.15. The van der Waals surface area contributed by atoms with E-state index in [1.807, 2.05) is 58.2 Å². The van der Waals surface area contributed by atoms with Crippen molar-refractivity contribution in [3.05, 3.63) is 74.6 Å². The van der Waals surface area contributed by atoms with Gasteiger partial charge >= 0.3 is 0 Å². The van der Waals surface area contributed by atoms with Crippen LogP contribution >= 0.6 is 34.4 Å². The monoisotopic (exact) mass is 821 g/mol. The maximum atomic E-state index is 14.5. The highest BCUT2D eigenvalue weighted by Gasteiger charge is 2.41. The van der Waals surface area contributed by atoms with Crippen molar-refractivity contribution in [3.63, 3.8) is 0 Å². The lowest BCUT2D eigenvalue weighted by molar-refractivity contribution is -0.140. The molecule has 5 heterocycles. The molecule has 2 saturated heterocycles. The van der Waals surface area contributed by atoms with E-state index in [2.05, 4.69) is 27.5 Å². The lowest BCUT2D eigenvalue weighted by atomic mass is 10.0. The van der Waals surface area contributed by atoms with E-state index in [9.17, 15) is 24.0 Å². The first-order valence-corrected chi connectivity index (χ1v) is 22.3. The van der Waals surface area contributed by atoms with Crippen LogP contribution in [0.15, 0.2) is 47.7 Å². The second-order valence-corrected chi connectivity index (χ2v) is 18.1. The molecule has 13 nitrogen and oxygen atoms in total. The molecule has 3 aliphatic rings. The van der Waals surface area contributed by atoms with Crippen molar-refractivity contribution in [2.75, 3.05) is 25.1 Å². The van der Waals surface area contributed by atoms with E-state index in [1.54, 1.807) is 38.4 Å². The van der Waals surface area contributed by atoms with Gasteiger partial charge in [-0.25, -0.2) is 9.97 Å². The molecule has 0 radical (unpaired) electrons. The minimum absolute atomic E-state index is 0.0879. The largest absolute Gasteiger partial charge is 0.484 e. The second-order valence-electron chi connectivity index (χ2n) is 15.3. The van der Waals surface area contributed by atoms with E-state index in [0.29, 0.717) is 60.3 Å². The third-order valence-corrected chi connectivity index (χ3v) is 13.0. The molecule has 5 amide bonds. The molecular weight excluding hydrogens is 771 g/mol. The summed E-state index contributed by atoms with van der Waals surface area (Å²) in [6.07, 6.45) is 6.75. The zero-order valence-corrected chi connectivity index (χ0v) is 35.0. The predicted molar refractivity (Wildman–Crippen MR) is 219 cm³/mol. The third-order valence-electron chi connectivity index (χ3n) is 10.5. The van der Waals surface area contributed by atoms with E-state index < -0.39 is 41.6 Å². The Kier molecular flexibility index (Phi) is 13.2. The number of hydrogen-bond acceptors (Lipinski definition) is 11. The van der Waals surface area contributed by atoms with Gasteiger partial charge in [-0.1, -0.05) is 32.6 Å². The number of nitrogens with zero attached hydrogens (tertiary/aromatic N) is 4. The fourth-order valence-corrected chi connectivity index (χ4v) is 9.70. The summed E-state index contributed by atoms with van der Waals surface area (Å²) in [4.78, 5) is 83.0. The number of thiazole rings is 2. The Morgan fingerprint density at radius 3 is 2.07 bits per heavy atom. The maximum Gasteiger partial charge on any atom is 0.271 e. The van der Waals surface area contributed by atoms with E-state index in [4.69, 9.17) is 9.72 Å². The van der Waals surface area contributed by atoms with Crippen LogP contribution in [0, 0.1) is 5.92 Å². The first-order chi connectivity index (χ1) is 26.8. The standard InChI is InChI=1S/C40H51N7O6S3/c1-7-40(4,5)53-25-14-12-24(13-15-25)20-27-39(52)46-17-8-10-30(46)35(50)45-32(23(2)3)37-44-29(22-56-37)33(48)41-26(16-19-54-6)38(51)47-18-9-11-31(47)36-43-28(21-55-36)34(49)42-27/h7,12-15,21-23,26-27,30-32H,1,8-11,16-20H2,2-6H3,(H,41,48)(H,42,49)(H,45,50)/t26-,27-,30-,31-,32-/m0/s1. The van der Waals surface area contributed by atoms with Crippen LogP contribution < -0.4 is 20.7 Å². The van der Waals surface area contributed by atoms with Gasteiger partial charge < -0.3 is 30.5 Å². The van der Waals surface area contributed by atoms with Gasteiger partial charge in [0.05, 0.1) is 12.1 Å². The molecular formula is C40H51N7O6S3. The van der Waals surface area contributed by atoms with Crippen LogP contribution in [0.5, 0.6) is 5.75 Å². The normalized spacial score (nSPS) is 23.9. The molecule has 3 N–H and O–H groups in total. The summed E-state index contributed by atoms with van der Waals surface area (Å²) in [6, 6.07) is 3.91. The van der Waals surface area contributed by atoms with Crippen LogP contribution in [-0.2, 0) is 20.8 Å². The number of hydrogen-bond donors (Lipinski definition) is 3. The molecule has 56 heavy (non-hydrogen) atoms. The first-order valence-electron chi connectivity index (χ1n) is 19.1. The van der Waals surface area contributed by atoms with Crippen molar-refractivity contribution >= 4 is 64.0 Å². The number of benzene rings is 1. The highest BCUT2D eigenvalue weighted by Crippen LogP contribution is 2.35. The molecule has 0 spiro atoms. The molecule has 5 atom stereocenters. The van der Waals surface area contributed by atoms with Gasteiger partial charge in [-0.05, 0) is 87.7 Å². The van der Waals surface area contributed by atoms with Crippen LogP contribution in [0.2, 0.25) is 0 Å². The Balaban J connectivity index is 1.35. The molecule has 3 aromatic rings. The van der Waals surface area contributed by atoms with E-state index in [-0.39, 0.29) is 47.5 Å². The van der Waals surface area contributed by atoms with Gasteiger partial charge in [-0.2, -0.15) is 11.8 Å². The summed E-state index contributed by atoms with van der Waals surface area (Å²) in [6.45, 7) is 12.4. The fourth-order valence-electron chi connectivity index (χ4n) is 7.27. The second kappa shape index (κ2) is 17.9. The van der Waals surface area contributed by atoms with E-state index in [0.717, 1.165) is 12.0 Å². The lowest BCUT2D eigenvalue weighted by Gasteiger charge is -2.30. The third kappa shape index (κ3) is 9.46. The minimum Gasteiger partial charge on any atom is -0.484 e. The fraction of sp³-hybridized carbons (Fsp3) is 0.525. The number of nitrogens with one attached hydrogen (secondary N) is 3. The average Bonchev–Trinajstić information content (AvgIpc) is 4.01. The van der Waals surface area contributed by atoms with Crippen LogP contribution in [0.3, 0.4) is 0 Å². The number of fused-ring (bicyclic) bond motifs is 7. The van der Waals surface area contributed by atoms with Gasteiger partial charge in [-0.3, -0.25) is 24.0 Å². The van der Waals surface area contributed by atoms with Crippen molar-refractivity contribution < 1.29 is 28.7 Å². The van der Waals surface area contributed by atoms with E-state index >= 15 is 0 Å². The zero-order chi connectivity index (χ0) is 40.1. The Morgan fingerprint density at radius 1 is 0.875 bits per heavy atom. The van der Waals surface area contributed by atoms with E-state index in [1.165, 1.54) is 22.7 Å². The molecule has 4 bridgehead atoms. The van der Waals surface area contributed by atoms with Gasteiger partial charge in [0.1, 0.15) is 50.9 Å². The molecule has 3 aliphatic heterocycles. The lowest BCUT2D eigenvalue weighted by Crippen LogP contribution is -2.54. The molecule has 0 unspecified atom stereocenters. The number of amides is 5. The van der Waals surface area contributed by atoms with Crippen molar-refractivity contribution in [1.29, 1.82) is 0 Å². The minimum atomic E-state index is -1.01. The van der Waals surface area contributed by atoms with Gasteiger partial charge in [0.2, 0.25) is 17.7 Å². The Labute approximate surface area is 340 Å². The SMILES string of the molecule is C=CC(C)(C)Oc1ccc(C[C@@H]2NC(=O)c3csc(n3)[C@@H]3CCCN3C(=O)[C@H](CCSC)NC(=O)c3csc(n3)[C@H](C(C)C)NC(=O)[C@@H]3CCCN3C2=O)cc1. The number of rotatable bonds is 9. The number of aromatic nitrogens is 2. The Bertz CT molecular complexity index is 1930. The average molecular weight is 822 g/mol. The van der Waals surface area contributed by atoms with Crippen LogP contribution in [0.1, 0.15) is 108 Å². The quantitative estimate of drug-likeness (QED) is 0.243. The summed E-state index contributed by atoms with van der Waals surface area (Å²) in [5.41, 5.74) is 0.529. The smallest absolute Gasteiger partial charge is 0.271 e. The maximum absolute atomic E-state index is 14.5. The summed E-state index contributed by atoms with van der Waals surface area (Å²) in [5.74, 6) is -0.690. The highest BCUT2D eigenvalue weighted by molar-refractivity contribution is 7.98. The molecule has 0 saturated carbocycles. The number of carbonyl (C=O) groups excluding carboxylic acids is 5. The van der Waals surface area contributed by atoms with Crippen LogP contribution in [0.25, 0.3) is 0 Å². The van der Waals surface area contributed by atoms with Gasteiger partial charge in [0, 0.05) is 30.3 Å². The van der Waals surface area contributed by atoms with Gasteiger partial charge in [0.15, 0.2) is 0 Å². The molecule has 1 aromatic carbocycles. The van der Waals surface area contributed by atoms with Crippen LogP contribution in [0.4, 0.5) is 0 Å². The van der Waals surface area contributed by atoms with Gasteiger partial charge in [-0.15, -0.1) is 22.7 Å². The summed E-state index contributed by atoms with van der Waals surface area (Å²) in [5, 5.41) is 13.5. The molecule has 0 aliphatic carbocycles. The molecule has 6 rings (SSSR count). The zero-order valence-electron chi connectivity index (χ0n) is 32.5. The summed E-state index contributed by atoms with van der Waals surface area (Å²) < 4.78 is 6.03. The molecule has 2 aromatic heterocycles. The van der Waals surface area contributed by atoms with Crippen molar-refractivity contribution in [3.8, 4) is 5.75 Å². The van der Waals surface area contributed by atoms with Crippen LogP contribution in [-0.4, -0.2) is 98.1 Å². The molecule has 300 valence electrons. The predicted octanol–water partition coefficient (Wildman–Crippen LogP) is 5.32. The first kappa shape index (κ1) is 41.4. The van der Waals surface area contributed by atoms with Crippen molar-refractivity contribution in [2.24, 2.45) is 5.92 Å². The van der Waals surface area contributed by atoms with Crippen molar-refractivity contribution in [1.82, 2.24) is 35.7 Å². The Morgan fingerprint density at radius 2 is 1.45 bits per heavy atom. The number of ether oxygens (including phenoxy) is 1. The molecule has 16 heteroatoms. The number of thioether (sulfide) groups is 1. The summed E-state index contributed by atoms with van der Waals surface area (Å²) in [7, 11) is 0. The van der Waals surface area contributed by atoms with Crippen molar-refractivity contribution in [2.45, 2.75) is 102 Å². The number of carbonyl (C=O) groups is 5. The topological polar surface area (TPSA) is 163 Å². The van der Waals surface area contributed by atoms with Gasteiger partial charge in [0.25, 0.3) is 11.8 Å². The Hall–Kier alpha value is -4.28. The highest BCUT2D eigenvalue weighted by atomic mass is 32.2. The molecule has 2 fully saturated rings.